The number of pyridine rings is 1. The van der Waals surface area contributed by atoms with Gasteiger partial charge in [-0.05, 0) is 24.3 Å². The zero-order valence-electron chi connectivity index (χ0n) is 8.44. The largest absolute Gasteiger partial charge is 0.416 e. The maximum atomic E-state index is 12.4. The summed E-state index contributed by atoms with van der Waals surface area (Å²) in [6.07, 6.45) is -3.25. The third kappa shape index (κ3) is 2.35. The monoisotopic (exact) mass is 240 g/mol. The Morgan fingerprint density at radius 2 is 1.94 bits per heavy atom. The van der Waals surface area contributed by atoms with Gasteiger partial charge in [0.05, 0.1) is 23.0 Å². The van der Waals surface area contributed by atoms with Crippen LogP contribution >= 0.6 is 0 Å². The molecule has 0 amide bonds. The zero-order valence-corrected chi connectivity index (χ0v) is 8.44. The number of alkyl halides is 3. The first-order chi connectivity index (χ1) is 8.00. The highest BCUT2D eigenvalue weighted by Crippen LogP contribution is 2.30. The van der Waals surface area contributed by atoms with Crippen LogP contribution in [0.25, 0.3) is 10.9 Å². The number of hydrogen-bond acceptors (Lipinski definition) is 3. The fourth-order valence-electron chi connectivity index (χ4n) is 1.45. The fourth-order valence-corrected chi connectivity index (χ4v) is 1.45. The summed E-state index contributed by atoms with van der Waals surface area (Å²) >= 11 is 0. The van der Waals surface area contributed by atoms with Crippen molar-refractivity contribution in [2.24, 2.45) is 5.16 Å². The van der Waals surface area contributed by atoms with Crippen LogP contribution in [0.1, 0.15) is 11.3 Å². The molecule has 1 aromatic heterocycles. The summed E-state index contributed by atoms with van der Waals surface area (Å²) in [4.78, 5) is 4.01. The van der Waals surface area contributed by atoms with E-state index in [1.54, 1.807) is 0 Å². The Bertz CT molecular complexity index is 578. The second kappa shape index (κ2) is 4.04. The van der Waals surface area contributed by atoms with Gasteiger partial charge in [-0.1, -0.05) is 11.2 Å². The number of aromatic nitrogens is 1. The molecule has 0 spiro atoms. The summed E-state index contributed by atoms with van der Waals surface area (Å²) in [5.41, 5.74) is 0.0746. The summed E-state index contributed by atoms with van der Waals surface area (Å²) in [7, 11) is 0. The average Bonchev–Trinajstić information content (AvgIpc) is 2.27. The summed E-state index contributed by atoms with van der Waals surface area (Å²) < 4.78 is 37.3. The molecule has 1 N–H and O–H groups in total. The summed E-state index contributed by atoms with van der Waals surface area (Å²) in [5, 5.41) is 11.5. The topological polar surface area (TPSA) is 45.5 Å². The molecule has 6 heteroatoms. The first-order valence-electron chi connectivity index (χ1n) is 4.66. The van der Waals surface area contributed by atoms with Crippen molar-refractivity contribution in [3.05, 3.63) is 41.6 Å². The van der Waals surface area contributed by atoms with E-state index in [0.717, 1.165) is 18.3 Å². The van der Waals surface area contributed by atoms with Crippen molar-refractivity contribution in [2.75, 3.05) is 0 Å². The normalized spacial score (nSPS) is 12.4. The van der Waals surface area contributed by atoms with E-state index in [1.165, 1.54) is 18.2 Å². The standard InChI is InChI=1S/C11H7F3N2O/c12-11(13,14)8-2-4-10-7(5-8)1-3-9(16-10)6-15-17/h1-6,17H. The van der Waals surface area contributed by atoms with E-state index in [9.17, 15) is 13.2 Å². The second-order valence-corrected chi connectivity index (χ2v) is 3.39. The van der Waals surface area contributed by atoms with Gasteiger partial charge >= 0.3 is 6.18 Å². The van der Waals surface area contributed by atoms with E-state index in [0.29, 0.717) is 16.6 Å². The van der Waals surface area contributed by atoms with Crippen molar-refractivity contribution in [1.82, 2.24) is 4.98 Å². The lowest BCUT2D eigenvalue weighted by Gasteiger charge is -2.07. The van der Waals surface area contributed by atoms with Crippen LogP contribution in [0.3, 0.4) is 0 Å². The van der Waals surface area contributed by atoms with Crippen LogP contribution < -0.4 is 0 Å². The molecule has 3 nitrogen and oxygen atoms in total. The molecular formula is C11H7F3N2O. The number of fused-ring (bicyclic) bond motifs is 1. The molecule has 2 aromatic rings. The van der Waals surface area contributed by atoms with E-state index in [2.05, 4.69) is 10.1 Å². The van der Waals surface area contributed by atoms with Crippen molar-refractivity contribution in [3.63, 3.8) is 0 Å². The Morgan fingerprint density at radius 3 is 2.59 bits per heavy atom. The second-order valence-electron chi connectivity index (χ2n) is 3.39. The number of rotatable bonds is 1. The van der Waals surface area contributed by atoms with Gasteiger partial charge in [0.2, 0.25) is 0 Å². The Labute approximate surface area is 94.2 Å². The molecule has 0 saturated carbocycles. The Kier molecular flexibility index (Phi) is 2.71. The molecule has 17 heavy (non-hydrogen) atoms. The van der Waals surface area contributed by atoms with Crippen molar-refractivity contribution in [2.45, 2.75) is 6.18 Å². The lowest BCUT2D eigenvalue weighted by Crippen LogP contribution is -2.04. The van der Waals surface area contributed by atoms with Gasteiger partial charge in [0.1, 0.15) is 0 Å². The Hall–Kier alpha value is -2.11. The van der Waals surface area contributed by atoms with Crippen LogP contribution in [0.15, 0.2) is 35.5 Å². The van der Waals surface area contributed by atoms with E-state index in [4.69, 9.17) is 5.21 Å². The molecule has 0 radical (unpaired) electrons. The minimum absolute atomic E-state index is 0.375. The Morgan fingerprint density at radius 1 is 1.18 bits per heavy atom. The van der Waals surface area contributed by atoms with Gasteiger partial charge in [-0.2, -0.15) is 13.2 Å². The van der Waals surface area contributed by atoms with Gasteiger partial charge in [0, 0.05) is 5.39 Å². The molecule has 0 bridgehead atoms. The number of hydrogen-bond donors (Lipinski definition) is 1. The molecular weight excluding hydrogens is 233 g/mol. The van der Waals surface area contributed by atoms with Crippen LogP contribution in [0.4, 0.5) is 13.2 Å². The van der Waals surface area contributed by atoms with Crippen molar-refractivity contribution in [3.8, 4) is 0 Å². The van der Waals surface area contributed by atoms with E-state index in [1.807, 2.05) is 0 Å². The summed E-state index contributed by atoms with van der Waals surface area (Å²) in [6, 6.07) is 6.25. The highest BCUT2D eigenvalue weighted by atomic mass is 19.4. The number of benzene rings is 1. The Balaban J connectivity index is 2.54. The third-order valence-electron chi connectivity index (χ3n) is 2.23. The quantitative estimate of drug-likeness (QED) is 0.473. The highest BCUT2D eigenvalue weighted by molar-refractivity contribution is 5.85. The number of oxime groups is 1. The van der Waals surface area contributed by atoms with Crippen LogP contribution in [-0.2, 0) is 6.18 Å². The minimum Gasteiger partial charge on any atom is -0.411 e. The van der Waals surface area contributed by atoms with Crippen LogP contribution in [-0.4, -0.2) is 16.4 Å². The average molecular weight is 240 g/mol. The molecule has 0 aliphatic heterocycles. The summed E-state index contributed by atoms with van der Waals surface area (Å²) in [5.74, 6) is 0. The lowest BCUT2D eigenvalue weighted by molar-refractivity contribution is -0.137. The highest BCUT2D eigenvalue weighted by Gasteiger charge is 2.30. The summed E-state index contributed by atoms with van der Waals surface area (Å²) in [6.45, 7) is 0. The predicted molar refractivity (Wildman–Crippen MR) is 56.1 cm³/mol. The van der Waals surface area contributed by atoms with Gasteiger partial charge in [-0.15, -0.1) is 0 Å². The van der Waals surface area contributed by atoms with Gasteiger partial charge in [0.15, 0.2) is 0 Å². The molecule has 0 aliphatic carbocycles. The van der Waals surface area contributed by atoms with Gasteiger partial charge < -0.3 is 5.21 Å². The van der Waals surface area contributed by atoms with Gasteiger partial charge in [-0.3, -0.25) is 0 Å². The van der Waals surface area contributed by atoms with Crippen LogP contribution in [0, 0.1) is 0 Å². The molecule has 88 valence electrons. The van der Waals surface area contributed by atoms with Gasteiger partial charge in [-0.25, -0.2) is 4.98 Å². The lowest BCUT2D eigenvalue weighted by atomic mass is 10.1. The number of halogens is 3. The van der Waals surface area contributed by atoms with Gasteiger partial charge in [0.25, 0.3) is 0 Å². The first-order valence-corrected chi connectivity index (χ1v) is 4.66. The molecule has 0 aliphatic rings. The molecule has 1 heterocycles. The maximum absolute atomic E-state index is 12.4. The molecule has 0 saturated heterocycles. The number of nitrogens with zero attached hydrogens (tertiary/aromatic N) is 2. The minimum atomic E-state index is -4.36. The third-order valence-corrected chi connectivity index (χ3v) is 2.23. The van der Waals surface area contributed by atoms with E-state index in [-0.39, 0.29) is 0 Å². The van der Waals surface area contributed by atoms with Crippen molar-refractivity contribution in [1.29, 1.82) is 0 Å². The first kappa shape index (κ1) is 11.4. The van der Waals surface area contributed by atoms with E-state index >= 15 is 0 Å². The van der Waals surface area contributed by atoms with Crippen molar-refractivity contribution >= 4 is 17.1 Å². The molecule has 0 unspecified atom stereocenters. The predicted octanol–water partition coefficient (Wildman–Crippen LogP) is 3.06. The van der Waals surface area contributed by atoms with Crippen molar-refractivity contribution < 1.29 is 18.4 Å². The SMILES string of the molecule is ON=Cc1ccc2cc(C(F)(F)F)ccc2n1. The molecule has 0 atom stereocenters. The van der Waals surface area contributed by atoms with Crippen LogP contribution in [0.5, 0.6) is 0 Å². The maximum Gasteiger partial charge on any atom is 0.416 e. The van der Waals surface area contributed by atoms with Crippen LogP contribution in [0.2, 0.25) is 0 Å². The molecule has 1 aromatic carbocycles. The molecule has 2 rings (SSSR count). The fraction of sp³-hybridized carbons (Fsp3) is 0.0909. The smallest absolute Gasteiger partial charge is 0.411 e. The molecule has 0 fully saturated rings. The van der Waals surface area contributed by atoms with E-state index < -0.39 is 11.7 Å². The zero-order chi connectivity index (χ0) is 12.5.